The molecule has 6 heterocycles. The topological polar surface area (TPSA) is 129 Å². The van der Waals surface area contributed by atoms with Gasteiger partial charge >= 0.3 is 0 Å². The summed E-state index contributed by atoms with van der Waals surface area (Å²) in [6, 6.07) is 11.5. The van der Waals surface area contributed by atoms with Gasteiger partial charge in [-0.3, -0.25) is 4.68 Å². The zero-order valence-corrected chi connectivity index (χ0v) is 21.2. The number of fused-ring (bicyclic) bond motifs is 2. The van der Waals surface area contributed by atoms with Crippen molar-refractivity contribution in [1.29, 1.82) is 0 Å². The minimum absolute atomic E-state index is 0.0428. The smallest absolute Gasteiger partial charge is 0.173 e. The lowest BCUT2D eigenvalue weighted by molar-refractivity contribution is -0.0410. The number of benzene rings is 1. The summed E-state index contributed by atoms with van der Waals surface area (Å²) in [6.07, 6.45) is 0.810. The lowest BCUT2D eigenvalue weighted by Crippen LogP contribution is -2.37. The molecule has 4 atom stereocenters. The lowest BCUT2D eigenvalue weighted by Gasteiger charge is -2.32. The van der Waals surface area contributed by atoms with Crippen LogP contribution in [0.2, 0.25) is 0 Å². The maximum absolute atomic E-state index is 15.5. The Labute approximate surface area is 222 Å². The van der Waals surface area contributed by atoms with E-state index in [4.69, 9.17) is 20.2 Å². The second kappa shape index (κ2) is 9.17. The highest BCUT2D eigenvalue weighted by molar-refractivity contribution is 5.99. The quantitative estimate of drug-likeness (QED) is 0.340. The van der Waals surface area contributed by atoms with Crippen LogP contribution in [0.3, 0.4) is 0 Å². The number of halogens is 1. The van der Waals surface area contributed by atoms with Crippen LogP contribution in [0.15, 0.2) is 55.1 Å². The minimum Gasteiger partial charge on any atom is -0.491 e. The Morgan fingerprint density at radius 3 is 2.79 bits per heavy atom. The van der Waals surface area contributed by atoms with Gasteiger partial charge < -0.3 is 29.8 Å². The van der Waals surface area contributed by atoms with Crippen LogP contribution < -0.4 is 15.4 Å². The molecule has 4 aromatic heterocycles. The van der Waals surface area contributed by atoms with Gasteiger partial charge in [0.05, 0.1) is 16.6 Å². The van der Waals surface area contributed by atoms with Crippen molar-refractivity contribution in [3.05, 3.63) is 55.1 Å². The third kappa shape index (κ3) is 4.03. The molecule has 12 heteroatoms. The van der Waals surface area contributed by atoms with E-state index in [0.717, 1.165) is 29.8 Å². The maximum Gasteiger partial charge on any atom is 0.173 e. The third-order valence-electron chi connectivity index (χ3n) is 7.44. The highest BCUT2D eigenvalue weighted by Gasteiger charge is 2.46. The summed E-state index contributed by atoms with van der Waals surface area (Å²) in [6.45, 7) is 1.98. The second-order valence-electron chi connectivity index (χ2n) is 9.96. The Kier molecular flexibility index (Phi) is 5.60. The number of rotatable bonds is 6. The van der Waals surface area contributed by atoms with Crippen molar-refractivity contribution in [3.8, 4) is 17.0 Å². The number of nitrogens with zero attached hydrogens (tertiary/aromatic N) is 7. The van der Waals surface area contributed by atoms with E-state index in [0.29, 0.717) is 28.0 Å². The van der Waals surface area contributed by atoms with E-state index in [1.54, 1.807) is 28.7 Å². The molecule has 0 radical (unpaired) electrons. The van der Waals surface area contributed by atoms with Gasteiger partial charge in [-0.25, -0.2) is 19.3 Å². The molecule has 2 saturated heterocycles. The zero-order valence-electron chi connectivity index (χ0n) is 21.2. The highest BCUT2D eigenvalue weighted by atomic mass is 19.1. The SMILES string of the molecule is Cn1ccc(-c2cn([C@@H]3O[C@H](COc4ccc5ccc(N6CCC6)nc5c4)[C@@H](O)[C@@H]3F)c3ncnc(N)c23)n1. The molecule has 0 amide bonds. The summed E-state index contributed by atoms with van der Waals surface area (Å²) in [5.41, 5.74) is 8.67. The molecular formula is C27H27FN8O3. The predicted molar refractivity (Wildman–Crippen MR) is 143 cm³/mol. The molecule has 11 nitrogen and oxygen atoms in total. The first-order valence-corrected chi connectivity index (χ1v) is 12.8. The molecule has 0 saturated carbocycles. The third-order valence-corrected chi connectivity index (χ3v) is 7.44. The zero-order chi connectivity index (χ0) is 26.7. The van der Waals surface area contributed by atoms with Crippen LogP contribution >= 0.6 is 0 Å². The van der Waals surface area contributed by atoms with Gasteiger partial charge in [0.1, 0.15) is 48.2 Å². The number of hydrogen-bond acceptors (Lipinski definition) is 9. The number of nitrogen functional groups attached to an aromatic ring is 1. The van der Waals surface area contributed by atoms with E-state index in [1.807, 2.05) is 36.4 Å². The molecule has 2 aliphatic heterocycles. The number of pyridine rings is 1. The fraction of sp³-hybridized carbons (Fsp3) is 0.333. The molecule has 39 heavy (non-hydrogen) atoms. The van der Waals surface area contributed by atoms with Crippen molar-refractivity contribution in [2.75, 3.05) is 30.3 Å². The Balaban J connectivity index is 1.13. The fourth-order valence-electron chi connectivity index (χ4n) is 5.20. The molecule has 0 unspecified atom stereocenters. The van der Waals surface area contributed by atoms with Crippen LogP contribution in [-0.4, -0.2) is 72.5 Å². The largest absolute Gasteiger partial charge is 0.491 e. The summed E-state index contributed by atoms with van der Waals surface area (Å²) in [4.78, 5) is 15.4. The van der Waals surface area contributed by atoms with Crippen LogP contribution in [0.1, 0.15) is 12.6 Å². The van der Waals surface area contributed by atoms with Gasteiger partial charge in [0, 0.05) is 49.5 Å². The fourth-order valence-corrected chi connectivity index (χ4v) is 5.20. The molecule has 2 aliphatic rings. The summed E-state index contributed by atoms with van der Waals surface area (Å²) in [5.74, 6) is 1.75. The molecule has 0 bridgehead atoms. The number of hydrogen-bond donors (Lipinski definition) is 2. The van der Waals surface area contributed by atoms with Crippen LogP contribution in [0, 0.1) is 0 Å². The lowest BCUT2D eigenvalue weighted by atomic mass is 10.1. The van der Waals surface area contributed by atoms with Gasteiger partial charge in [0.15, 0.2) is 12.4 Å². The molecule has 0 spiro atoms. The number of ether oxygens (including phenoxy) is 2. The Morgan fingerprint density at radius 1 is 1.18 bits per heavy atom. The van der Waals surface area contributed by atoms with Crippen LogP contribution in [0.5, 0.6) is 5.75 Å². The van der Waals surface area contributed by atoms with Crippen LogP contribution in [0.25, 0.3) is 33.2 Å². The number of anilines is 2. The number of aliphatic hydroxyl groups is 1. The Morgan fingerprint density at radius 2 is 2.03 bits per heavy atom. The normalized spacial score (nSPS) is 23.0. The first-order chi connectivity index (χ1) is 19.0. The first-order valence-electron chi connectivity index (χ1n) is 12.8. The van der Waals surface area contributed by atoms with E-state index < -0.39 is 24.6 Å². The summed E-state index contributed by atoms with van der Waals surface area (Å²) >= 11 is 0. The van der Waals surface area contributed by atoms with Crippen molar-refractivity contribution in [3.63, 3.8) is 0 Å². The average Bonchev–Trinajstić information content (AvgIpc) is 3.58. The van der Waals surface area contributed by atoms with Gasteiger partial charge in [-0.05, 0) is 36.8 Å². The van der Waals surface area contributed by atoms with E-state index in [2.05, 4.69) is 20.0 Å². The van der Waals surface area contributed by atoms with E-state index in [1.165, 1.54) is 12.7 Å². The molecule has 2 fully saturated rings. The average molecular weight is 531 g/mol. The summed E-state index contributed by atoms with van der Waals surface area (Å²) < 4.78 is 30.7. The number of aliphatic hydroxyl groups excluding tert-OH is 1. The number of aryl methyl sites for hydroxylation is 1. The summed E-state index contributed by atoms with van der Waals surface area (Å²) in [5, 5.41) is 16.7. The van der Waals surface area contributed by atoms with Crippen molar-refractivity contribution in [2.24, 2.45) is 7.05 Å². The Bertz CT molecular complexity index is 1680. The van der Waals surface area contributed by atoms with Crippen molar-refractivity contribution in [1.82, 2.24) is 29.3 Å². The van der Waals surface area contributed by atoms with Gasteiger partial charge in [0.2, 0.25) is 0 Å². The molecule has 3 N–H and O–H groups in total. The summed E-state index contributed by atoms with van der Waals surface area (Å²) in [7, 11) is 1.80. The first kappa shape index (κ1) is 23.8. The monoisotopic (exact) mass is 530 g/mol. The molecule has 5 aromatic rings. The van der Waals surface area contributed by atoms with Crippen molar-refractivity contribution < 1.29 is 19.0 Å². The minimum atomic E-state index is -1.72. The van der Waals surface area contributed by atoms with Gasteiger partial charge in [-0.2, -0.15) is 5.10 Å². The van der Waals surface area contributed by atoms with Gasteiger partial charge in [0.25, 0.3) is 0 Å². The molecule has 0 aliphatic carbocycles. The molecule has 200 valence electrons. The number of alkyl halides is 1. The highest BCUT2D eigenvalue weighted by Crippen LogP contribution is 2.39. The van der Waals surface area contributed by atoms with E-state index >= 15 is 4.39 Å². The van der Waals surface area contributed by atoms with E-state index in [-0.39, 0.29) is 12.4 Å². The number of nitrogens with two attached hydrogens (primary N) is 1. The maximum atomic E-state index is 15.5. The Hall–Kier alpha value is -4.29. The van der Waals surface area contributed by atoms with Crippen molar-refractivity contribution in [2.45, 2.75) is 31.0 Å². The van der Waals surface area contributed by atoms with Crippen molar-refractivity contribution >= 4 is 33.6 Å². The molecule has 1 aromatic carbocycles. The van der Waals surface area contributed by atoms with Crippen LogP contribution in [-0.2, 0) is 11.8 Å². The predicted octanol–water partition coefficient (Wildman–Crippen LogP) is 2.85. The molecule has 7 rings (SSSR count). The van der Waals surface area contributed by atoms with E-state index in [9.17, 15) is 5.11 Å². The van der Waals surface area contributed by atoms with Gasteiger partial charge in [-0.15, -0.1) is 0 Å². The standard InChI is InChI=1S/C27H27FN8O3/c1-34-10-7-18(33-34)17-12-36(26-22(17)25(29)30-14-31-26)27-23(28)24(37)20(39-27)13-38-16-5-3-15-4-6-21(32-19(15)11-16)35-8-2-9-35/h3-7,10-12,14,20,23-24,27,37H,2,8-9,13H2,1H3,(H2,29,30,31)/t20-,23+,24-,27-/m1/s1. The van der Waals surface area contributed by atoms with Crippen LogP contribution in [0.4, 0.5) is 16.0 Å². The number of aromatic nitrogens is 6. The second-order valence-corrected chi connectivity index (χ2v) is 9.96. The van der Waals surface area contributed by atoms with Gasteiger partial charge in [-0.1, -0.05) is 0 Å². The molecular weight excluding hydrogens is 503 g/mol.